The molecule has 0 bridgehead atoms. The van der Waals surface area contributed by atoms with E-state index < -0.39 is 0 Å². The molecule has 1 heterocycles. The molecule has 4 nitrogen and oxygen atoms in total. The van der Waals surface area contributed by atoms with Crippen LogP contribution in [-0.4, -0.2) is 26.4 Å². The lowest BCUT2D eigenvalue weighted by molar-refractivity contribution is -0.325. The average Bonchev–Trinajstić information content (AvgIpc) is 2.91. The molecule has 0 spiro atoms. The minimum atomic E-state index is 0.710. The molecular weight excluding hydrogens is 420 g/mol. The smallest absolute Gasteiger partial charge is 0.150 e. The number of ether oxygens (including phenoxy) is 1. The SMILES string of the molecule is C=C.CC.CCN(CC)c1ccc2c(c1)OC1=CCC=CC1=C2c1ccc(C)cc1C=O.C[NH3+]. The highest BCUT2D eigenvalue weighted by Crippen LogP contribution is 2.45. The number of nitrogens with zero attached hydrogens (tertiary/aromatic N) is 1. The van der Waals surface area contributed by atoms with Crippen molar-refractivity contribution in [1.29, 1.82) is 0 Å². The fourth-order valence-corrected chi connectivity index (χ4v) is 4.00. The number of fused-ring (bicyclic) bond motifs is 2. The van der Waals surface area contributed by atoms with Crippen molar-refractivity contribution in [1.82, 2.24) is 0 Å². The van der Waals surface area contributed by atoms with Crippen molar-refractivity contribution < 1.29 is 15.3 Å². The minimum absolute atomic E-state index is 0.710. The summed E-state index contributed by atoms with van der Waals surface area (Å²) < 4.78 is 6.30. The molecule has 2 aromatic carbocycles. The van der Waals surface area contributed by atoms with Crippen molar-refractivity contribution in [2.75, 3.05) is 25.0 Å². The molecule has 0 radical (unpaired) electrons. The van der Waals surface area contributed by atoms with Crippen molar-refractivity contribution >= 4 is 17.5 Å². The van der Waals surface area contributed by atoms with Gasteiger partial charge in [-0.15, -0.1) is 13.2 Å². The number of hydrogen-bond acceptors (Lipinski definition) is 3. The molecule has 2 aliphatic rings. The maximum absolute atomic E-state index is 11.8. The van der Waals surface area contributed by atoms with E-state index >= 15 is 0 Å². The molecule has 2 aromatic rings. The molecule has 0 saturated carbocycles. The van der Waals surface area contributed by atoms with Crippen LogP contribution >= 0.6 is 0 Å². The first-order chi connectivity index (χ1) is 16.7. The molecule has 1 aliphatic carbocycles. The molecule has 3 N–H and O–H groups in total. The lowest BCUT2D eigenvalue weighted by Crippen LogP contribution is -2.40. The van der Waals surface area contributed by atoms with E-state index in [2.05, 4.69) is 86.2 Å². The zero-order chi connectivity index (χ0) is 25.7. The Hall–Kier alpha value is -3.37. The van der Waals surface area contributed by atoms with Gasteiger partial charge < -0.3 is 15.4 Å². The molecule has 4 heteroatoms. The fraction of sp³-hybridized carbons (Fsp3) is 0.300. The van der Waals surface area contributed by atoms with E-state index in [0.717, 1.165) is 70.8 Å². The molecule has 0 fully saturated rings. The summed E-state index contributed by atoms with van der Waals surface area (Å²) in [5.41, 5.74) is 10.3. The largest absolute Gasteiger partial charge is 0.456 e. The Labute approximate surface area is 206 Å². The molecule has 0 amide bonds. The van der Waals surface area contributed by atoms with Crippen LogP contribution in [0.5, 0.6) is 5.75 Å². The van der Waals surface area contributed by atoms with E-state index in [4.69, 9.17) is 4.74 Å². The number of aryl methyl sites for hydroxylation is 1. The van der Waals surface area contributed by atoms with E-state index in [1.165, 1.54) is 0 Å². The van der Waals surface area contributed by atoms with Crippen molar-refractivity contribution in [2.45, 2.75) is 41.0 Å². The summed E-state index contributed by atoms with van der Waals surface area (Å²) in [6, 6.07) is 12.4. The second-order valence-corrected chi connectivity index (χ2v) is 7.16. The highest BCUT2D eigenvalue weighted by molar-refractivity contribution is 5.97. The molecule has 0 unspecified atom stereocenters. The number of carbonyl (C=O) groups excluding carboxylic acids is 1. The van der Waals surface area contributed by atoms with Crippen LogP contribution in [0.3, 0.4) is 0 Å². The third-order valence-corrected chi connectivity index (χ3v) is 5.45. The van der Waals surface area contributed by atoms with Gasteiger partial charge in [0.05, 0.1) is 7.05 Å². The van der Waals surface area contributed by atoms with Crippen LogP contribution in [-0.2, 0) is 0 Å². The molecule has 4 rings (SSSR count). The first kappa shape index (κ1) is 28.7. The van der Waals surface area contributed by atoms with Crippen LogP contribution < -0.4 is 15.4 Å². The van der Waals surface area contributed by atoms with E-state index in [9.17, 15) is 4.79 Å². The average molecular weight is 462 g/mol. The van der Waals surface area contributed by atoms with Crippen molar-refractivity contribution in [3.8, 4) is 5.75 Å². The minimum Gasteiger partial charge on any atom is -0.456 e. The van der Waals surface area contributed by atoms with Gasteiger partial charge in [0.25, 0.3) is 0 Å². The normalized spacial score (nSPS) is 12.6. The molecule has 34 heavy (non-hydrogen) atoms. The predicted octanol–water partition coefficient (Wildman–Crippen LogP) is 6.38. The summed E-state index contributed by atoms with van der Waals surface area (Å²) in [5, 5.41) is 0. The van der Waals surface area contributed by atoms with E-state index in [1.807, 2.05) is 26.8 Å². The topological polar surface area (TPSA) is 57.2 Å². The molecule has 0 saturated heterocycles. The number of carbonyl (C=O) groups is 1. The van der Waals surface area contributed by atoms with Gasteiger partial charge in [0.15, 0.2) is 6.29 Å². The first-order valence-electron chi connectivity index (χ1n) is 12.1. The first-order valence-corrected chi connectivity index (χ1v) is 12.1. The third-order valence-electron chi connectivity index (χ3n) is 5.45. The van der Waals surface area contributed by atoms with E-state index in [0.29, 0.717) is 5.56 Å². The number of quaternary nitrogens is 1. The molecule has 0 atom stereocenters. The number of hydrogen-bond donors (Lipinski definition) is 1. The number of benzene rings is 2. The summed E-state index contributed by atoms with van der Waals surface area (Å²) in [4.78, 5) is 14.1. The van der Waals surface area contributed by atoms with Crippen LogP contribution in [0.4, 0.5) is 5.69 Å². The monoisotopic (exact) mass is 461 g/mol. The van der Waals surface area contributed by atoms with Crippen LogP contribution in [0.2, 0.25) is 0 Å². The Morgan fingerprint density at radius 2 is 1.68 bits per heavy atom. The summed E-state index contributed by atoms with van der Waals surface area (Å²) in [7, 11) is 1.75. The zero-order valence-corrected chi connectivity index (χ0v) is 21.8. The Balaban J connectivity index is 0.000000894. The molecule has 0 aromatic heterocycles. The number of aldehydes is 1. The van der Waals surface area contributed by atoms with Crippen LogP contribution in [0.25, 0.3) is 5.57 Å². The van der Waals surface area contributed by atoms with Gasteiger partial charge in [-0.1, -0.05) is 43.7 Å². The lowest BCUT2D eigenvalue weighted by atomic mass is 9.85. The van der Waals surface area contributed by atoms with Gasteiger partial charge in [-0.25, -0.2) is 0 Å². The summed E-state index contributed by atoms with van der Waals surface area (Å²) in [6.45, 7) is 18.2. The van der Waals surface area contributed by atoms with Crippen molar-refractivity contribution in [2.24, 2.45) is 0 Å². The van der Waals surface area contributed by atoms with Gasteiger partial charge in [-0.3, -0.25) is 4.79 Å². The second kappa shape index (κ2) is 14.7. The van der Waals surface area contributed by atoms with Gasteiger partial charge in [-0.05, 0) is 57.0 Å². The van der Waals surface area contributed by atoms with Crippen molar-refractivity contribution in [3.05, 3.63) is 101 Å². The maximum Gasteiger partial charge on any atom is 0.150 e. The van der Waals surface area contributed by atoms with Crippen molar-refractivity contribution in [3.63, 3.8) is 0 Å². The summed E-state index contributed by atoms with van der Waals surface area (Å²) in [6.07, 6.45) is 8.15. The third kappa shape index (κ3) is 6.15. The van der Waals surface area contributed by atoms with Gasteiger partial charge in [0.1, 0.15) is 11.5 Å². The maximum atomic E-state index is 11.8. The molecule has 1 aliphatic heterocycles. The number of anilines is 1. The standard InChI is InChI=1S/C25H25NO2.C2H6.C2H4.CH5N/c1-4-26(5-2)19-11-13-22-24(15-19)28-23-9-7-6-8-21(23)25(22)20-12-10-17(3)14-18(20)16-27;3*1-2/h6,8-16H,4-5,7H2,1-3H3;1-2H3;1-2H2;2H2,1H3/p+1. The highest BCUT2D eigenvalue weighted by atomic mass is 16.5. The van der Waals surface area contributed by atoms with Crippen LogP contribution in [0.1, 0.15) is 61.2 Å². The van der Waals surface area contributed by atoms with E-state index in [1.54, 1.807) is 7.05 Å². The zero-order valence-electron chi connectivity index (χ0n) is 21.8. The van der Waals surface area contributed by atoms with E-state index in [-0.39, 0.29) is 0 Å². The Kier molecular flexibility index (Phi) is 12.4. The number of allylic oxidation sites excluding steroid dienone is 3. The van der Waals surface area contributed by atoms with Gasteiger partial charge in [0, 0.05) is 47.1 Å². The van der Waals surface area contributed by atoms with Gasteiger partial charge >= 0.3 is 0 Å². The van der Waals surface area contributed by atoms with Crippen LogP contribution in [0.15, 0.2) is 79.1 Å². The number of rotatable bonds is 5. The highest BCUT2D eigenvalue weighted by Gasteiger charge is 2.27. The Bertz CT molecular complexity index is 1040. The molecule has 182 valence electrons. The summed E-state index contributed by atoms with van der Waals surface area (Å²) in [5.74, 6) is 1.72. The fourth-order valence-electron chi connectivity index (χ4n) is 4.00. The van der Waals surface area contributed by atoms with Crippen LogP contribution in [0, 0.1) is 6.92 Å². The second-order valence-electron chi connectivity index (χ2n) is 7.16. The Morgan fingerprint density at radius 3 is 2.29 bits per heavy atom. The predicted molar refractivity (Wildman–Crippen MR) is 146 cm³/mol. The molecular formula is C30H41N2O2+. The van der Waals surface area contributed by atoms with Gasteiger partial charge in [-0.2, -0.15) is 0 Å². The summed E-state index contributed by atoms with van der Waals surface area (Å²) >= 11 is 0. The Morgan fingerprint density at radius 1 is 1.03 bits per heavy atom. The quantitative estimate of drug-likeness (QED) is 0.415. The van der Waals surface area contributed by atoms with Gasteiger partial charge in [0.2, 0.25) is 0 Å². The lowest BCUT2D eigenvalue weighted by Gasteiger charge is -2.29.